The van der Waals surface area contributed by atoms with Crippen molar-refractivity contribution < 1.29 is 4.74 Å². The molecule has 0 heterocycles. The fourth-order valence-electron chi connectivity index (χ4n) is 1.68. The van der Waals surface area contributed by atoms with Crippen molar-refractivity contribution in [2.45, 2.75) is 19.8 Å². The largest absolute Gasteiger partial charge is 0.496 e. The van der Waals surface area contributed by atoms with Gasteiger partial charge < -0.3 is 9.64 Å². The fraction of sp³-hybridized carbons (Fsp3) is 0.467. The maximum absolute atomic E-state index is 5.30. The molecule has 0 fully saturated rings. The van der Waals surface area contributed by atoms with Gasteiger partial charge in [0.25, 0.3) is 0 Å². The molecule has 0 bridgehead atoms. The van der Waals surface area contributed by atoms with Crippen molar-refractivity contribution in [2.75, 3.05) is 27.2 Å². The summed E-state index contributed by atoms with van der Waals surface area (Å²) in [6, 6.07) is 8.08. The van der Waals surface area contributed by atoms with E-state index in [4.69, 9.17) is 4.74 Å². The van der Waals surface area contributed by atoms with Crippen molar-refractivity contribution in [3.8, 4) is 5.75 Å². The van der Waals surface area contributed by atoms with Crippen molar-refractivity contribution in [1.82, 2.24) is 4.90 Å². The molecule has 1 aromatic carbocycles. The third-order valence-corrected chi connectivity index (χ3v) is 2.75. The van der Waals surface area contributed by atoms with E-state index in [1.165, 1.54) is 12.8 Å². The monoisotopic (exact) mass is 233 g/mol. The van der Waals surface area contributed by atoms with Crippen molar-refractivity contribution in [2.24, 2.45) is 0 Å². The van der Waals surface area contributed by atoms with Gasteiger partial charge in [-0.3, -0.25) is 0 Å². The number of hydrogen-bond acceptors (Lipinski definition) is 2. The second kappa shape index (κ2) is 7.91. The molecule has 0 aliphatic heterocycles. The van der Waals surface area contributed by atoms with Gasteiger partial charge in [-0.15, -0.1) is 0 Å². The lowest BCUT2D eigenvalue weighted by molar-refractivity contribution is 0.363. The molecule has 0 N–H and O–H groups in total. The number of methoxy groups -OCH3 is 1. The van der Waals surface area contributed by atoms with Crippen LogP contribution in [0.5, 0.6) is 5.75 Å². The van der Waals surface area contributed by atoms with Crippen molar-refractivity contribution in [3.05, 3.63) is 35.9 Å². The summed E-state index contributed by atoms with van der Waals surface area (Å²) in [5, 5.41) is 0. The number of nitrogens with zero attached hydrogens (tertiary/aromatic N) is 1. The highest BCUT2D eigenvalue weighted by molar-refractivity contribution is 5.57. The Morgan fingerprint density at radius 1 is 1.29 bits per heavy atom. The van der Waals surface area contributed by atoms with E-state index in [0.717, 1.165) is 24.4 Å². The molecule has 1 aromatic rings. The van der Waals surface area contributed by atoms with Crippen LogP contribution in [-0.2, 0) is 0 Å². The molecule has 0 aromatic heterocycles. The molecule has 2 heteroatoms. The van der Waals surface area contributed by atoms with Crippen LogP contribution in [0.3, 0.4) is 0 Å². The van der Waals surface area contributed by atoms with Gasteiger partial charge in [-0.05, 0) is 26.1 Å². The second-order valence-corrected chi connectivity index (χ2v) is 4.26. The molecule has 94 valence electrons. The van der Waals surface area contributed by atoms with Crippen LogP contribution in [0.2, 0.25) is 0 Å². The lowest BCUT2D eigenvalue weighted by atomic mass is 10.2. The molecular weight excluding hydrogens is 210 g/mol. The lowest BCUT2D eigenvalue weighted by Crippen LogP contribution is -2.19. The topological polar surface area (TPSA) is 12.5 Å². The highest BCUT2D eigenvalue weighted by Crippen LogP contribution is 2.18. The molecule has 17 heavy (non-hydrogen) atoms. The molecular formula is C15H23NO. The molecule has 0 amide bonds. The first-order valence-corrected chi connectivity index (χ1v) is 6.26. The van der Waals surface area contributed by atoms with Crippen molar-refractivity contribution in [3.63, 3.8) is 0 Å². The zero-order valence-electron chi connectivity index (χ0n) is 11.1. The third-order valence-electron chi connectivity index (χ3n) is 2.75. The average Bonchev–Trinajstić information content (AvgIpc) is 2.37. The van der Waals surface area contributed by atoms with Crippen LogP contribution >= 0.6 is 0 Å². The summed E-state index contributed by atoms with van der Waals surface area (Å²) in [4.78, 5) is 2.33. The molecule has 0 atom stereocenters. The van der Waals surface area contributed by atoms with Gasteiger partial charge >= 0.3 is 0 Å². The quantitative estimate of drug-likeness (QED) is 0.715. The van der Waals surface area contributed by atoms with Crippen molar-refractivity contribution in [1.29, 1.82) is 0 Å². The Morgan fingerprint density at radius 3 is 2.76 bits per heavy atom. The predicted molar refractivity (Wildman–Crippen MR) is 74.4 cm³/mol. The van der Waals surface area contributed by atoms with Crippen LogP contribution in [0.1, 0.15) is 25.3 Å². The van der Waals surface area contributed by atoms with Gasteiger partial charge in [-0.1, -0.05) is 43.7 Å². The molecule has 0 saturated carbocycles. The Hall–Kier alpha value is -1.28. The lowest BCUT2D eigenvalue weighted by Gasteiger charge is -2.13. The summed E-state index contributed by atoms with van der Waals surface area (Å²) in [6.45, 7) is 4.36. The highest BCUT2D eigenvalue weighted by atomic mass is 16.5. The van der Waals surface area contributed by atoms with Gasteiger partial charge in [-0.2, -0.15) is 0 Å². The first-order chi connectivity index (χ1) is 8.27. The van der Waals surface area contributed by atoms with Crippen LogP contribution < -0.4 is 4.74 Å². The van der Waals surface area contributed by atoms with Gasteiger partial charge in [0.05, 0.1) is 7.11 Å². The normalized spacial score (nSPS) is 11.3. The minimum Gasteiger partial charge on any atom is -0.496 e. The number of rotatable bonds is 7. The average molecular weight is 233 g/mol. The molecule has 0 unspecified atom stereocenters. The number of hydrogen-bond donors (Lipinski definition) is 0. The SMILES string of the molecule is CCCCN(C)CC=Cc1ccccc1OC. The van der Waals surface area contributed by atoms with E-state index in [1.807, 2.05) is 18.2 Å². The standard InChI is InChI=1S/C15H23NO/c1-4-5-12-16(2)13-8-10-14-9-6-7-11-15(14)17-3/h6-11H,4-5,12-13H2,1-3H3. The second-order valence-electron chi connectivity index (χ2n) is 4.26. The number of ether oxygens (including phenoxy) is 1. The van der Waals surface area contributed by atoms with Crippen LogP contribution in [0.15, 0.2) is 30.3 Å². The summed E-state index contributed by atoms with van der Waals surface area (Å²) >= 11 is 0. The molecule has 0 aliphatic carbocycles. The molecule has 1 rings (SSSR count). The first-order valence-electron chi connectivity index (χ1n) is 6.26. The fourth-order valence-corrected chi connectivity index (χ4v) is 1.68. The van der Waals surface area contributed by atoms with E-state index in [2.05, 4.69) is 37.1 Å². The van der Waals surface area contributed by atoms with Gasteiger partial charge in [0.2, 0.25) is 0 Å². The summed E-state index contributed by atoms with van der Waals surface area (Å²) in [6.07, 6.45) is 6.83. The maximum atomic E-state index is 5.30. The Morgan fingerprint density at radius 2 is 2.06 bits per heavy atom. The van der Waals surface area contributed by atoms with E-state index in [0.29, 0.717) is 0 Å². The van der Waals surface area contributed by atoms with Crippen LogP contribution in [0.25, 0.3) is 6.08 Å². The molecule has 0 spiro atoms. The van der Waals surface area contributed by atoms with Crippen LogP contribution in [-0.4, -0.2) is 32.1 Å². The van der Waals surface area contributed by atoms with E-state index in [9.17, 15) is 0 Å². The molecule has 0 radical (unpaired) electrons. The highest BCUT2D eigenvalue weighted by Gasteiger charge is 1.97. The van der Waals surface area contributed by atoms with Crippen LogP contribution in [0.4, 0.5) is 0 Å². The van der Waals surface area contributed by atoms with Gasteiger partial charge in [0.15, 0.2) is 0 Å². The molecule has 0 aliphatic rings. The summed E-state index contributed by atoms with van der Waals surface area (Å²) in [5.41, 5.74) is 1.14. The zero-order valence-corrected chi connectivity index (χ0v) is 11.1. The minimum absolute atomic E-state index is 0.931. The van der Waals surface area contributed by atoms with Gasteiger partial charge in [0.1, 0.15) is 5.75 Å². The summed E-state index contributed by atoms with van der Waals surface area (Å²) < 4.78 is 5.30. The van der Waals surface area contributed by atoms with Gasteiger partial charge in [0, 0.05) is 12.1 Å². The Bertz CT molecular complexity index is 347. The van der Waals surface area contributed by atoms with Crippen LogP contribution in [0, 0.1) is 0 Å². The zero-order chi connectivity index (χ0) is 12.5. The van der Waals surface area contributed by atoms with E-state index in [-0.39, 0.29) is 0 Å². The number of para-hydroxylation sites is 1. The van der Waals surface area contributed by atoms with Crippen molar-refractivity contribution >= 4 is 6.08 Å². The van der Waals surface area contributed by atoms with E-state index in [1.54, 1.807) is 7.11 Å². The first kappa shape index (κ1) is 13.8. The molecule has 0 saturated heterocycles. The van der Waals surface area contributed by atoms with E-state index >= 15 is 0 Å². The summed E-state index contributed by atoms with van der Waals surface area (Å²) in [7, 11) is 3.86. The Kier molecular flexibility index (Phi) is 6.41. The molecule has 2 nitrogen and oxygen atoms in total. The third kappa shape index (κ3) is 5.05. The Labute approximate surface area is 105 Å². The number of benzene rings is 1. The predicted octanol–water partition coefficient (Wildman–Crippen LogP) is 3.44. The number of likely N-dealkylation sites (N-methyl/N-ethyl adjacent to an activating group) is 1. The van der Waals surface area contributed by atoms with E-state index < -0.39 is 0 Å². The Balaban J connectivity index is 2.47. The summed E-state index contributed by atoms with van der Waals surface area (Å²) in [5.74, 6) is 0.931. The smallest absolute Gasteiger partial charge is 0.126 e. The van der Waals surface area contributed by atoms with Gasteiger partial charge in [-0.25, -0.2) is 0 Å². The minimum atomic E-state index is 0.931. The maximum Gasteiger partial charge on any atom is 0.126 e. The number of unbranched alkanes of at least 4 members (excludes halogenated alkanes) is 1.